The summed E-state index contributed by atoms with van der Waals surface area (Å²) in [6.45, 7) is 5.09. The van der Waals surface area contributed by atoms with Crippen LogP contribution in [0.4, 0.5) is 18.9 Å². The van der Waals surface area contributed by atoms with E-state index in [2.05, 4.69) is 28.7 Å². The van der Waals surface area contributed by atoms with E-state index in [4.69, 9.17) is 9.47 Å². The van der Waals surface area contributed by atoms with Crippen LogP contribution in [0.2, 0.25) is 0 Å². The van der Waals surface area contributed by atoms with Crippen LogP contribution in [-0.2, 0) is 12.1 Å². The zero-order chi connectivity index (χ0) is 29.6. The molecule has 1 aliphatic rings. The maximum absolute atomic E-state index is 12.8. The number of rotatable bonds is 11. The molecule has 1 N–H and O–H groups in total. The van der Waals surface area contributed by atoms with Gasteiger partial charge in [-0.05, 0) is 79.7 Å². The van der Waals surface area contributed by atoms with E-state index in [-0.39, 0.29) is 11.7 Å². The van der Waals surface area contributed by atoms with Crippen molar-refractivity contribution in [3.63, 3.8) is 0 Å². The van der Waals surface area contributed by atoms with E-state index >= 15 is 0 Å². The molecule has 4 rings (SSSR count). The molecule has 0 saturated carbocycles. The zero-order valence-electron chi connectivity index (χ0n) is 24.1. The number of alkyl halides is 3. The van der Waals surface area contributed by atoms with Crippen LogP contribution in [0, 0.1) is 5.92 Å². The van der Waals surface area contributed by atoms with Gasteiger partial charge in [0, 0.05) is 38.0 Å². The minimum Gasteiger partial charge on any atom is -0.497 e. The second kappa shape index (κ2) is 13.0. The van der Waals surface area contributed by atoms with Crippen LogP contribution in [0.15, 0.2) is 66.7 Å². The Labute approximate surface area is 240 Å². The van der Waals surface area contributed by atoms with Crippen molar-refractivity contribution in [3.8, 4) is 17.2 Å². The summed E-state index contributed by atoms with van der Waals surface area (Å²) in [5.74, 6) is 1.01. The van der Waals surface area contributed by atoms with Crippen molar-refractivity contribution in [1.29, 1.82) is 0 Å². The van der Waals surface area contributed by atoms with Gasteiger partial charge in [-0.25, -0.2) is 0 Å². The highest BCUT2D eigenvalue weighted by molar-refractivity contribution is 5.61. The van der Waals surface area contributed by atoms with E-state index in [9.17, 15) is 18.3 Å². The smallest absolute Gasteiger partial charge is 0.497 e. The Morgan fingerprint density at radius 1 is 0.902 bits per heavy atom. The topological polar surface area (TPSA) is 54.4 Å². The third-order valence-electron chi connectivity index (χ3n) is 7.61. The number of ether oxygens (including phenoxy) is 3. The third-order valence-corrected chi connectivity index (χ3v) is 7.61. The number of anilines is 1. The number of piperidine rings is 1. The van der Waals surface area contributed by atoms with E-state index in [1.807, 2.05) is 43.3 Å². The van der Waals surface area contributed by atoms with Gasteiger partial charge in [-0.3, -0.25) is 4.90 Å². The minimum atomic E-state index is -4.79. The molecule has 1 aliphatic heterocycles. The normalized spacial score (nSPS) is 16.2. The molecule has 0 bridgehead atoms. The first-order valence-corrected chi connectivity index (χ1v) is 13.9. The Balaban J connectivity index is 1.59. The van der Waals surface area contributed by atoms with Gasteiger partial charge in [-0.15, -0.1) is 13.2 Å². The van der Waals surface area contributed by atoms with Gasteiger partial charge in [-0.1, -0.05) is 37.3 Å². The average molecular weight is 573 g/mol. The second-order valence-corrected chi connectivity index (χ2v) is 10.7. The van der Waals surface area contributed by atoms with E-state index in [0.29, 0.717) is 36.3 Å². The lowest BCUT2D eigenvalue weighted by atomic mass is 9.71. The summed E-state index contributed by atoms with van der Waals surface area (Å²) in [7, 11) is 5.36. The Morgan fingerprint density at radius 2 is 1.51 bits per heavy atom. The molecule has 1 fully saturated rings. The van der Waals surface area contributed by atoms with Crippen LogP contribution in [-0.4, -0.2) is 57.3 Å². The van der Waals surface area contributed by atoms with Crippen molar-refractivity contribution >= 4 is 5.69 Å². The Hall–Kier alpha value is -3.43. The molecule has 1 unspecified atom stereocenters. The molecule has 222 valence electrons. The first-order valence-electron chi connectivity index (χ1n) is 13.9. The molecule has 41 heavy (non-hydrogen) atoms. The van der Waals surface area contributed by atoms with Gasteiger partial charge in [0.2, 0.25) is 0 Å². The predicted molar refractivity (Wildman–Crippen MR) is 154 cm³/mol. The molecular weight excluding hydrogens is 533 g/mol. The lowest BCUT2D eigenvalue weighted by Crippen LogP contribution is -2.44. The summed E-state index contributed by atoms with van der Waals surface area (Å²) in [4.78, 5) is 4.27. The number of hydrogen-bond acceptors (Lipinski definition) is 6. The fraction of sp³-hybridized carbons (Fsp3) is 0.438. The van der Waals surface area contributed by atoms with Crippen molar-refractivity contribution in [2.45, 2.75) is 44.7 Å². The van der Waals surface area contributed by atoms with Crippen LogP contribution in [0.1, 0.15) is 42.9 Å². The number of halogens is 3. The lowest BCUT2D eigenvalue weighted by molar-refractivity contribution is -0.274. The van der Waals surface area contributed by atoms with Crippen molar-refractivity contribution in [2.24, 2.45) is 5.92 Å². The van der Waals surface area contributed by atoms with Gasteiger partial charge in [0.05, 0.1) is 13.7 Å². The maximum Gasteiger partial charge on any atom is 0.573 e. The summed E-state index contributed by atoms with van der Waals surface area (Å²) in [6.07, 6.45) is -2.43. The minimum absolute atomic E-state index is 0.176. The van der Waals surface area contributed by atoms with Crippen molar-refractivity contribution < 1.29 is 32.5 Å². The van der Waals surface area contributed by atoms with Crippen molar-refractivity contribution in [1.82, 2.24) is 4.90 Å². The fourth-order valence-electron chi connectivity index (χ4n) is 5.53. The van der Waals surface area contributed by atoms with E-state index in [0.717, 1.165) is 37.5 Å². The van der Waals surface area contributed by atoms with Gasteiger partial charge in [-0.2, -0.15) is 0 Å². The monoisotopic (exact) mass is 572 g/mol. The summed E-state index contributed by atoms with van der Waals surface area (Å²) >= 11 is 0. The standard InChI is InChI=1S/C32H39F3N2O4/c1-5-20-40-26-10-6-23(7-11-26)22-37-18-16-25(17-19-37)31(38,24-8-12-27(13-9-24)41-32(33,34)35)29-15-14-28(39-4)21-30(29)36(2)3/h6-15,21,25,38H,5,16-20,22H2,1-4H3. The molecule has 1 atom stereocenters. The molecule has 1 heterocycles. The molecule has 0 aliphatic carbocycles. The van der Waals surface area contributed by atoms with E-state index < -0.39 is 12.0 Å². The van der Waals surface area contributed by atoms with Crippen LogP contribution in [0.5, 0.6) is 17.2 Å². The first-order chi connectivity index (χ1) is 19.5. The van der Waals surface area contributed by atoms with E-state index in [1.165, 1.54) is 29.8 Å². The quantitative estimate of drug-likeness (QED) is 0.280. The molecule has 3 aromatic rings. The number of nitrogens with zero attached hydrogens (tertiary/aromatic N) is 2. The van der Waals surface area contributed by atoms with Gasteiger partial charge >= 0.3 is 6.36 Å². The number of likely N-dealkylation sites (tertiary alicyclic amines) is 1. The van der Waals surface area contributed by atoms with Gasteiger partial charge in [0.1, 0.15) is 22.8 Å². The molecule has 0 radical (unpaired) electrons. The molecule has 1 saturated heterocycles. The van der Waals surface area contributed by atoms with Crippen LogP contribution >= 0.6 is 0 Å². The highest BCUT2D eigenvalue weighted by Crippen LogP contribution is 2.46. The fourth-order valence-corrected chi connectivity index (χ4v) is 5.53. The number of hydrogen-bond donors (Lipinski definition) is 1. The molecule has 9 heteroatoms. The van der Waals surface area contributed by atoms with Crippen molar-refractivity contribution in [3.05, 3.63) is 83.4 Å². The summed E-state index contributed by atoms with van der Waals surface area (Å²) < 4.78 is 53.6. The maximum atomic E-state index is 12.8. The van der Waals surface area contributed by atoms with Crippen LogP contribution in [0.3, 0.4) is 0 Å². The Kier molecular flexibility index (Phi) is 9.71. The number of benzene rings is 3. The summed E-state index contributed by atoms with van der Waals surface area (Å²) in [6, 6.07) is 19.2. The summed E-state index contributed by atoms with van der Waals surface area (Å²) in [5, 5.41) is 12.6. The third kappa shape index (κ3) is 7.45. The van der Waals surface area contributed by atoms with Gasteiger partial charge < -0.3 is 24.2 Å². The zero-order valence-corrected chi connectivity index (χ0v) is 24.1. The molecule has 0 aromatic heterocycles. The second-order valence-electron chi connectivity index (χ2n) is 10.7. The van der Waals surface area contributed by atoms with E-state index in [1.54, 1.807) is 13.2 Å². The number of methoxy groups -OCH3 is 1. The SMILES string of the molecule is CCCOc1ccc(CN2CCC(C(O)(c3ccc(OC(F)(F)F)cc3)c3ccc(OC)cc3N(C)C)CC2)cc1. The van der Waals surface area contributed by atoms with Crippen LogP contribution in [0.25, 0.3) is 0 Å². The van der Waals surface area contributed by atoms with Gasteiger partial charge in [0.15, 0.2) is 0 Å². The van der Waals surface area contributed by atoms with Crippen molar-refractivity contribution in [2.75, 3.05) is 45.8 Å². The summed E-state index contributed by atoms with van der Waals surface area (Å²) in [5.41, 5.74) is 1.70. The molecule has 3 aromatic carbocycles. The first kappa shape index (κ1) is 30.5. The Morgan fingerprint density at radius 3 is 2.07 bits per heavy atom. The largest absolute Gasteiger partial charge is 0.573 e. The predicted octanol–water partition coefficient (Wildman–Crippen LogP) is 6.60. The molecular formula is C32H39F3N2O4. The molecule has 0 amide bonds. The van der Waals surface area contributed by atoms with Gasteiger partial charge in [0.25, 0.3) is 0 Å². The highest BCUT2D eigenvalue weighted by Gasteiger charge is 2.43. The van der Waals surface area contributed by atoms with Crippen LogP contribution < -0.4 is 19.1 Å². The average Bonchev–Trinajstić information content (AvgIpc) is 2.96. The number of aliphatic hydroxyl groups is 1. The highest BCUT2D eigenvalue weighted by atomic mass is 19.4. The lowest BCUT2D eigenvalue weighted by Gasteiger charge is -2.43. The molecule has 6 nitrogen and oxygen atoms in total. The molecule has 0 spiro atoms. The Bertz CT molecular complexity index is 1260.